The summed E-state index contributed by atoms with van der Waals surface area (Å²) in [5.74, 6) is 0.912. The van der Waals surface area contributed by atoms with Crippen LogP contribution in [0.15, 0.2) is 65.6 Å². The number of rotatable bonds is 6. The third-order valence-corrected chi connectivity index (χ3v) is 7.15. The molecular weight excluding hydrogens is 440 g/mol. The van der Waals surface area contributed by atoms with Crippen LogP contribution in [0.4, 0.5) is 5.69 Å². The third-order valence-electron chi connectivity index (χ3n) is 5.65. The van der Waals surface area contributed by atoms with Crippen LogP contribution in [0.5, 0.6) is 11.5 Å². The van der Waals surface area contributed by atoms with Crippen molar-refractivity contribution in [3.05, 3.63) is 82.9 Å². The van der Waals surface area contributed by atoms with Gasteiger partial charge in [-0.3, -0.25) is 9.52 Å². The SMILES string of the molecule is Cc1ccc(C(=O)NCC2COc3ccccc3O2)cc1S(=O)(=O)Nc1cccc(C)c1C. The number of para-hydroxylation sites is 2. The predicted octanol–water partition coefficient (Wildman–Crippen LogP) is 3.98. The van der Waals surface area contributed by atoms with Gasteiger partial charge in [0.05, 0.1) is 17.1 Å². The van der Waals surface area contributed by atoms with Gasteiger partial charge < -0.3 is 14.8 Å². The minimum absolute atomic E-state index is 0.0576. The number of hydrogen-bond acceptors (Lipinski definition) is 5. The number of anilines is 1. The molecule has 0 aliphatic carbocycles. The Morgan fingerprint density at radius 1 is 0.970 bits per heavy atom. The number of amides is 1. The van der Waals surface area contributed by atoms with Crippen molar-refractivity contribution in [2.75, 3.05) is 17.9 Å². The van der Waals surface area contributed by atoms with Crippen molar-refractivity contribution in [3.8, 4) is 11.5 Å². The molecule has 8 heteroatoms. The lowest BCUT2D eigenvalue weighted by atomic mass is 10.1. The molecule has 172 valence electrons. The van der Waals surface area contributed by atoms with Crippen LogP contribution in [0, 0.1) is 20.8 Å². The Balaban J connectivity index is 1.47. The second-order valence-corrected chi connectivity index (χ2v) is 9.69. The van der Waals surface area contributed by atoms with E-state index in [9.17, 15) is 13.2 Å². The molecule has 0 saturated heterocycles. The Hall–Kier alpha value is -3.52. The highest BCUT2D eigenvalue weighted by Crippen LogP contribution is 2.30. The zero-order valence-electron chi connectivity index (χ0n) is 18.7. The van der Waals surface area contributed by atoms with Gasteiger partial charge in [0, 0.05) is 5.56 Å². The van der Waals surface area contributed by atoms with E-state index in [0.717, 1.165) is 11.1 Å². The minimum atomic E-state index is -3.88. The monoisotopic (exact) mass is 466 g/mol. The lowest BCUT2D eigenvalue weighted by molar-refractivity contribution is 0.0789. The summed E-state index contributed by atoms with van der Waals surface area (Å²) < 4.78 is 40.4. The van der Waals surface area contributed by atoms with Crippen molar-refractivity contribution < 1.29 is 22.7 Å². The molecule has 3 aromatic rings. The van der Waals surface area contributed by atoms with E-state index < -0.39 is 10.0 Å². The fraction of sp³-hybridized carbons (Fsp3) is 0.240. The number of carbonyl (C=O) groups excluding carboxylic acids is 1. The Morgan fingerprint density at radius 3 is 2.52 bits per heavy atom. The number of aryl methyl sites for hydroxylation is 2. The lowest BCUT2D eigenvalue weighted by Gasteiger charge is -2.26. The van der Waals surface area contributed by atoms with Crippen LogP contribution < -0.4 is 19.5 Å². The van der Waals surface area contributed by atoms with E-state index in [4.69, 9.17) is 9.47 Å². The first kappa shape index (κ1) is 22.7. The summed E-state index contributed by atoms with van der Waals surface area (Å²) >= 11 is 0. The number of benzene rings is 3. The van der Waals surface area contributed by atoms with E-state index in [1.54, 1.807) is 31.2 Å². The fourth-order valence-corrected chi connectivity index (χ4v) is 4.96. The van der Waals surface area contributed by atoms with Crippen molar-refractivity contribution >= 4 is 21.6 Å². The summed E-state index contributed by atoms with van der Waals surface area (Å²) in [7, 11) is -3.88. The predicted molar refractivity (Wildman–Crippen MR) is 127 cm³/mol. The molecule has 0 saturated carbocycles. The van der Waals surface area contributed by atoms with Gasteiger partial charge >= 0.3 is 0 Å². The molecule has 0 radical (unpaired) electrons. The minimum Gasteiger partial charge on any atom is -0.486 e. The molecule has 0 fully saturated rings. The Kier molecular flexibility index (Phi) is 6.29. The fourth-order valence-electron chi connectivity index (χ4n) is 3.56. The van der Waals surface area contributed by atoms with Gasteiger partial charge in [0.25, 0.3) is 15.9 Å². The van der Waals surface area contributed by atoms with Crippen molar-refractivity contribution in [2.24, 2.45) is 0 Å². The van der Waals surface area contributed by atoms with E-state index in [1.807, 2.05) is 44.2 Å². The molecular formula is C25H26N2O5S. The molecule has 4 rings (SSSR count). The maximum Gasteiger partial charge on any atom is 0.262 e. The zero-order valence-corrected chi connectivity index (χ0v) is 19.5. The van der Waals surface area contributed by atoms with Gasteiger partial charge in [-0.05, 0) is 67.8 Å². The van der Waals surface area contributed by atoms with Crippen molar-refractivity contribution in [2.45, 2.75) is 31.8 Å². The van der Waals surface area contributed by atoms with E-state index >= 15 is 0 Å². The second-order valence-electron chi connectivity index (χ2n) is 8.04. The second kappa shape index (κ2) is 9.15. The molecule has 1 unspecified atom stereocenters. The molecule has 1 atom stereocenters. The summed E-state index contributed by atoms with van der Waals surface area (Å²) in [6.07, 6.45) is -0.344. The van der Waals surface area contributed by atoms with Crippen LogP contribution in [0.2, 0.25) is 0 Å². The smallest absolute Gasteiger partial charge is 0.262 e. The molecule has 0 bridgehead atoms. The van der Waals surface area contributed by atoms with Gasteiger partial charge in [0.2, 0.25) is 0 Å². The lowest BCUT2D eigenvalue weighted by Crippen LogP contribution is -2.40. The first-order chi connectivity index (χ1) is 15.7. The Labute approximate surface area is 193 Å². The van der Waals surface area contributed by atoms with Crippen LogP contribution in [-0.4, -0.2) is 33.6 Å². The number of ether oxygens (including phenoxy) is 2. The van der Waals surface area contributed by atoms with Crippen LogP contribution in [0.25, 0.3) is 0 Å². The normalized spacial score (nSPS) is 15.1. The molecule has 1 aliphatic heterocycles. The van der Waals surface area contributed by atoms with Crippen LogP contribution in [0.1, 0.15) is 27.0 Å². The quantitative estimate of drug-likeness (QED) is 0.573. The molecule has 2 N–H and O–H groups in total. The largest absolute Gasteiger partial charge is 0.486 e. The molecule has 1 aliphatic rings. The molecule has 3 aromatic carbocycles. The molecule has 7 nitrogen and oxygen atoms in total. The van der Waals surface area contributed by atoms with E-state index in [-0.39, 0.29) is 29.0 Å². The van der Waals surface area contributed by atoms with Crippen molar-refractivity contribution in [1.82, 2.24) is 5.32 Å². The van der Waals surface area contributed by atoms with Crippen molar-refractivity contribution in [1.29, 1.82) is 0 Å². The third kappa shape index (κ3) is 4.96. The van der Waals surface area contributed by atoms with Gasteiger partial charge in [0.1, 0.15) is 12.7 Å². The highest BCUT2D eigenvalue weighted by molar-refractivity contribution is 7.92. The average Bonchev–Trinajstić information content (AvgIpc) is 2.80. The van der Waals surface area contributed by atoms with Gasteiger partial charge in [-0.2, -0.15) is 0 Å². The Morgan fingerprint density at radius 2 is 1.73 bits per heavy atom. The topological polar surface area (TPSA) is 93.7 Å². The molecule has 0 spiro atoms. The first-order valence-corrected chi connectivity index (χ1v) is 12.1. The summed E-state index contributed by atoms with van der Waals surface area (Å²) in [6.45, 7) is 6.01. The first-order valence-electron chi connectivity index (χ1n) is 10.6. The highest BCUT2D eigenvalue weighted by atomic mass is 32.2. The van der Waals surface area contributed by atoms with E-state index in [1.165, 1.54) is 6.07 Å². The van der Waals surface area contributed by atoms with Gasteiger partial charge in [-0.1, -0.05) is 30.3 Å². The zero-order chi connectivity index (χ0) is 23.6. The molecule has 1 amide bonds. The van der Waals surface area contributed by atoms with E-state index in [0.29, 0.717) is 29.4 Å². The molecule has 1 heterocycles. The summed E-state index contributed by atoms with van der Waals surface area (Å²) in [6, 6.07) is 17.4. The van der Waals surface area contributed by atoms with Crippen LogP contribution in [0.3, 0.4) is 0 Å². The summed E-state index contributed by atoms with van der Waals surface area (Å²) in [5, 5.41) is 2.80. The highest BCUT2D eigenvalue weighted by Gasteiger charge is 2.23. The number of nitrogens with one attached hydrogen (secondary N) is 2. The average molecular weight is 467 g/mol. The standard InChI is InChI=1S/C25H26N2O5S/c1-16-7-6-8-21(18(16)3)27-33(29,30)24-13-19(12-11-17(24)2)25(28)26-14-20-15-31-22-9-4-5-10-23(22)32-20/h4-13,20,27H,14-15H2,1-3H3,(H,26,28). The summed E-state index contributed by atoms with van der Waals surface area (Å²) in [5.41, 5.74) is 3.14. The van der Waals surface area contributed by atoms with Crippen LogP contribution in [-0.2, 0) is 10.0 Å². The summed E-state index contributed by atoms with van der Waals surface area (Å²) in [4.78, 5) is 12.8. The number of hydrogen-bond donors (Lipinski definition) is 2. The van der Waals surface area contributed by atoms with Gasteiger partial charge in [0.15, 0.2) is 11.5 Å². The van der Waals surface area contributed by atoms with Gasteiger partial charge in [-0.25, -0.2) is 8.42 Å². The van der Waals surface area contributed by atoms with E-state index in [2.05, 4.69) is 10.0 Å². The number of sulfonamides is 1. The van der Waals surface area contributed by atoms with Crippen LogP contribution >= 0.6 is 0 Å². The molecule has 0 aromatic heterocycles. The maximum absolute atomic E-state index is 13.1. The van der Waals surface area contributed by atoms with Crippen molar-refractivity contribution in [3.63, 3.8) is 0 Å². The number of carbonyl (C=O) groups is 1. The maximum atomic E-state index is 13.1. The number of fused-ring (bicyclic) bond motifs is 1. The van der Waals surface area contributed by atoms with Gasteiger partial charge in [-0.15, -0.1) is 0 Å². The molecule has 33 heavy (non-hydrogen) atoms. The Bertz CT molecular complexity index is 1300.